The first kappa shape index (κ1) is 19.9. The monoisotopic (exact) mass is 418 g/mol. The van der Waals surface area contributed by atoms with Gasteiger partial charge in [-0.1, -0.05) is 35.9 Å². The first-order valence-electron chi connectivity index (χ1n) is 9.62. The van der Waals surface area contributed by atoms with Crippen molar-refractivity contribution >= 4 is 28.1 Å². The number of carbonyl (C=O) groups is 1. The van der Waals surface area contributed by atoms with E-state index < -0.39 is 0 Å². The number of carbonyl (C=O) groups excluding carboxylic acids is 1. The second kappa shape index (κ2) is 8.55. The highest BCUT2D eigenvalue weighted by molar-refractivity contribution is 7.12. The third kappa shape index (κ3) is 4.28. The van der Waals surface area contributed by atoms with Gasteiger partial charge in [-0.15, -0.1) is 11.3 Å². The Balaban J connectivity index is 1.70. The lowest BCUT2D eigenvalue weighted by Gasteiger charge is -2.22. The Hall–Kier alpha value is -3.38. The van der Waals surface area contributed by atoms with E-state index in [2.05, 4.69) is 4.98 Å². The highest BCUT2D eigenvalue weighted by atomic mass is 32.1. The summed E-state index contributed by atoms with van der Waals surface area (Å²) < 4.78 is 5.29. The van der Waals surface area contributed by atoms with Gasteiger partial charge in [0, 0.05) is 23.0 Å². The lowest BCUT2D eigenvalue weighted by Crippen LogP contribution is -2.32. The molecule has 1 N–H and O–H groups in total. The first-order chi connectivity index (χ1) is 14.5. The Bertz CT molecular complexity index is 1230. The fourth-order valence-corrected chi connectivity index (χ4v) is 4.04. The number of nitrogens with one attached hydrogen (secondary N) is 1. The predicted octanol–water partition coefficient (Wildman–Crippen LogP) is 4.75. The van der Waals surface area contributed by atoms with E-state index >= 15 is 0 Å². The average Bonchev–Trinajstić information content (AvgIpc) is 3.29. The quantitative estimate of drug-likeness (QED) is 0.492. The van der Waals surface area contributed by atoms with Gasteiger partial charge in [0.2, 0.25) is 0 Å². The number of fused-ring (bicyclic) bond motifs is 1. The normalized spacial score (nSPS) is 10.9. The molecule has 0 unspecified atom stereocenters. The van der Waals surface area contributed by atoms with Crippen molar-refractivity contribution < 1.29 is 9.53 Å². The van der Waals surface area contributed by atoms with Crippen LogP contribution in [-0.4, -0.2) is 22.9 Å². The van der Waals surface area contributed by atoms with E-state index in [1.807, 2.05) is 73.0 Å². The second-order valence-corrected chi connectivity index (χ2v) is 8.15. The van der Waals surface area contributed by atoms with E-state index in [-0.39, 0.29) is 18.0 Å². The fraction of sp³-hybridized carbons (Fsp3) is 0.167. The van der Waals surface area contributed by atoms with Crippen molar-refractivity contribution in [3.8, 4) is 5.75 Å². The molecule has 30 heavy (non-hydrogen) atoms. The molecule has 0 fully saturated rings. The standard InChI is InChI=1S/C24H22N2O3S/c1-16-5-7-17(8-6-16)14-26(24(28)22-4-3-11-30-22)15-19-12-18-13-20(29-2)9-10-21(18)25-23(19)27/h3-13H,14-15H2,1-2H3,(H,25,27). The van der Waals surface area contributed by atoms with Crippen LogP contribution in [0.1, 0.15) is 26.4 Å². The third-order valence-corrected chi connectivity index (χ3v) is 5.86. The van der Waals surface area contributed by atoms with E-state index in [9.17, 15) is 9.59 Å². The Morgan fingerprint density at radius 1 is 1.07 bits per heavy atom. The number of hydrogen-bond acceptors (Lipinski definition) is 4. The van der Waals surface area contributed by atoms with Gasteiger partial charge in [0.1, 0.15) is 5.75 Å². The van der Waals surface area contributed by atoms with Crippen LogP contribution in [0.15, 0.2) is 70.8 Å². The molecule has 4 aromatic rings. The lowest BCUT2D eigenvalue weighted by molar-refractivity contribution is 0.0734. The zero-order valence-electron chi connectivity index (χ0n) is 16.8. The number of aromatic amines is 1. The summed E-state index contributed by atoms with van der Waals surface area (Å²) in [6.07, 6.45) is 0. The Kier molecular flexibility index (Phi) is 5.68. The van der Waals surface area contributed by atoms with Gasteiger partial charge < -0.3 is 14.6 Å². The van der Waals surface area contributed by atoms with Crippen molar-refractivity contribution in [2.24, 2.45) is 0 Å². The number of benzene rings is 2. The summed E-state index contributed by atoms with van der Waals surface area (Å²) in [5.74, 6) is 0.627. The molecule has 0 atom stereocenters. The average molecular weight is 419 g/mol. The number of H-pyrrole nitrogens is 1. The molecule has 0 radical (unpaired) electrons. The van der Waals surface area contributed by atoms with Crippen LogP contribution in [0.25, 0.3) is 10.9 Å². The minimum absolute atomic E-state index is 0.0873. The molecule has 0 saturated carbocycles. The Morgan fingerprint density at radius 2 is 1.87 bits per heavy atom. The largest absolute Gasteiger partial charge is 0.497 e. The maximum Gasteiger partial charge on any atom is 0.264 e. The number of aryl methyl sites for hydroxylation is 1. The summed E-state index contributed by atoms with van der Waals surface area (Å²) in [6.45, 7) is 2.67. The highest BCUT2D eigenvalue weighted by Gasteiger charge is 2.19. The van der Waals surface area contributed by atoms with E-state index in [0.29, 0.717) is 22.7 Å². The maximum atomic E-state index is 13.2. The molecule has 4 rings (SSSR count). The second-order valence-electron chi connectivity index (χ2n) is 7.20. The number of aromatic nitrogens is 1. The van der Waals surface area contributed by atoms with Gasteiger partial charge in [-0.2, -0.15) is 0 Å². The maximum absolute atomic E-state index is 13.2. The number of pyridine rings is 1. The van der Waals surface area contributed by atoms with E-state index in [0.717, 1.165) is 22.0 Å². The van der Waals surface area contributed by atoms with Crippen LogP contribution in [0.4, 0.5) is 0 Å². The Labute approximate surface area is 178 Å². The van der Waals surface area contributed by atoms with Crippen molar-refractivity contribution in [3.05, 3.63) is 98.0 Å². The molecule has 2 heterocycles. The van der Waals surface area contributed by atoms with Gasteiger partial charge >= 0.3 is 0 Å². The number of rotatable bonds is 6. The van der Waals surface area contributed by atoms with Crippen molar-refractivity contribution in [3.63, 3.8) is 0 Å². The summed E-state index contributed by atoms with van der Waals surface area (Å²) in [5, 5.41) is 2.75. The zero-order valence-corrected chi connectivity index (χ0v) is 17.7. The molecule has 0 saturated heterocycles. The molecular weight excluding hydrogens is 396 g/mol. The van der Waals surface area contributed by atoms with Crippen LogP contribution in [0.3, 0.4) is 0 Å². The molecular formula is C24H22N2O3S. The van der Waals surface area contributed by atoms with E-state index in [1.165, 1.54) is 11.3 Å². The SMILES string of the molecule is COc1ccc2[nH]c(=O)c(CN(Cc3ccc(C)cc3)C(=O)c3cccs3)cc2c1. The van der Waals surface area contributed by atoms with Gasteiger partial charge in [-0.3, -0.25) is 9.59 Å². The molecule has 0 aliphatic carbocycles. The highest BCUT2D eigenvalue weighted by Crippen LogP contribution is 2.21. The summed E-state index contributed by atoms with van der Waals surface area (Å²) in [5.41, 5.74) is 3.26. The summed E-state index contributed by atoms with van der Waals surface area (Å²) >= 11 is 1.40. The van der Waals surface area contributed by atoms with Gasteiger partial charge in [-0.25, -0.2) is 0 Å². The topological polar surface area (TPSA) is 62.4 Å². The first-order valence-corrected chi connectivity index (χ1v) is 10.5. The summed E-state index contributed by atoms with van der Waals surface area (Å²) in [4.78, 5) is 31.2. The van der Waals surface area contributed by atoms with Crippen LogP contribution < -0.4 is 10.3 Å². The lowest BCUT2D eigenvalue weighted by atomic mass is 10.1. The number of ether oxygens (including phenoxy) is 1. The van der Waals surface area contributed by atoms with Gasteiger partial charge in [0.15, 0.2) is 0 Å². The summed E-state index contributed by atoms with van der Waals surface area (Å²) in [6, 6.07) is 19.1. The molecule has 0 bridgehead atoms. The van der Waals surface area contributed by atoms with Crippen LogP contribution in [0.5, 0.6) is 5.75 Å². The van der Waals surface area contributed by atoms with Crippen molar-refractivity contribution in [1.29, 1.82) is 0 Å². The van der Waals surface area contributed by atoms with Gasteiger partial charge in [-0.05, 0) is 48.2 Å². The minimum Gasteiger partial charge on any atom is -0.497 e. The smallest absolute Gasteiger partial charge is 0.264 e. The van der Waals surface area contributed by atoms with Crippen LogP contribution in [0.2, 0.25) is 0 Å². The Morgan fingerprint density at radius 3 is 2.57 bits per heavy atom. The van der Waals surface area contributed by atoms with E-state index in [4.69, 9.17) is 4.74 Å². The molecule has 2 aromatic heterocycles. The number of amides is 1. The molecule has 0 aliphatic rings. The fourth-order valence-electron chi connectivity index (χ4n) is 3.35. The van der Waals surface area contributed by atoms with Crippen LogP contribution in [-0.2, 0) is 13.1 Å². The summed E-state index contributed by atoms with van der Waals surface area (Å²) in [7, 11) is 1.61. The van der Waals surface area contributed by atoms with Crippen LogP contribution in [0, 0.1) is 6.92 Å². The molecule has 1 amide bonds. The van der Waals surface area contributed by atoms with Crippen LogP contribution >= 0.6 is 11.3 Å². The molecule has 5 nitrogen and oxygen atoms in total. The number of nitrogens with zero attached hydrogens (tertiary/aromatic N) is 1. The minimum atomic E-state index is -0.194. The van der Waals surface area contributed by atoms with Crippen molar-refractivity contribution in [2.45, 2.75) is 20.0 Å². The zero-order chi connectivity index (χ0) is 21.1. The molecule has 6 heteroatoms. The molecule has 0 aliphatic heterocycles. The van der Waals surface area contributed by atoms with E-state index in [1.54, 1.807) is 12.0 Å². The van der Waals surface area contributed by atoms with Crippen molar-refractivity contribution in [2.75, 3.05) is 7.11 Å². The predicted molar refractivity (Wildman–Crippen MR) is 120 cm³/mol. The molecule has 152 valence electrons. The van der Waals surface area contributed by atoms with Gasteiger partial charge in [0.25, 0.3) is 11.5 Å². The number of hydrogen-bond donors (Lipinski definition) is 1. The third-order valence-electron chi connectivity index (χ3n) is 5.00. The molecule has 0 spiro atoms. The van der Waals surface area contributed by atoms with Gasteiger partial charge in [0.05, 0.1) is 18.5 Å². The number of thiophene rings is 1. The van der Waals surface area contributed by atoms with Crippen molar-refractivity contribution in [1.82, 2.24) is 9.88 Å². The number of methoxy groups -OCH3 is 1. The molecule has 2 aromatic carbocycles.